The van der Waals surface area contributed by atoms with Crippen molar-refractivity contribution in [3.63, 3.8) is 0 Å². The molecule has 2 heterocycles. The first-order chi connectivity index (χ1) is 14.8. The van der Waals surface area contributed by atoms with E-state index < -0.39 is 0 Å². The Kier molecular flexibility index (Phi) is 7.80. The molecular formula is C20H24ClN5O4S. The Labute approximate surface area is 189 Å². The summed E-state index contributed by atoms with van der Waals surface area (Å²) in [5, 5.41) is 9.73. The van der Waals surface area contributed by atoms with Crippen LogP contribution in [0.15, 0.2) is 28.8 Å². The number of rotatable bonds is 6. The second-order valence-corrected chi connectivity index (χ2v) is 8.52. The van der Waals surface area contributed by atoms with E-state index in [2.05, 4.69) is 15.8 Å². The largest absolute Gasteiger partial charge is 0.360 e. The number of benzene rings is 1. The number of halogens is 1. The van der Waals surface area contributed by atoms with Crippen LogP contribution >= 0.6 is 23.4 Å². The van der Waals surface area contributed by atoms with Crippen molar-refractivity contribution in [3.05, 3.63) is 40.6 Å². The Morgan fingerprint density at radius 3 is 2.42 bits per heavy atom. The van der Waals surface area contributed by atoms with Gasteiger partial charge in [-0.3, -0.25) is 9.59 Å². The molecule has 1 aliphatic heterocycles. The molecule has 1 fully saturated rings. The summed E-state index contributed by atoms with van der Waals surface area (Å²) in [4.78, 5) is 40.1. The number of aryl methyl sites for hydroxylation is 2. The molecule has 1 aromatic heterocycles. The van der Waals surface area contributed by atoms with Crippen molar-refractivity contribution in [1.29, 1.82) is 0 Å². The van der Waals surface area contributed by atoms with Crippen molar-refractivity contribution in [2.75, 3.05) is 48.3 Å². The minimum atomic E-state index is -0.246. The number of carbonyl (C=O) groups is 3. The van der Waals surface area contributed by atoms with E-state index in [0.717, 1.165) is 5.56 Å². The van der Waals surface area contributed by atoms with Crippen LogP contribution in [0.25, 0.3) is 0 Å². The molecule has 11 heteroatoms. The van der Waals surface area contributed by atoms with Crippen molar-refractivity contribution < 1.29 is 18.9 Å². The molecule has 166 valence electrons. The number of anilines is 2. The van der Waals surface area contributed by atoms with E-state index in [-0.39, 0.29) is 29.4 Å². The molecule has 1 saturated heterocycles. The topological polar surface area (TPSA) is 108 Å². The van der Waals surface area contributed by atoms with Crippen LogP contribution < -0.4 is 10.6 Å². The number of nitrogens with one attached hydrogen (secondary N) is 2. The molecule has 2 aromatic rings. The van der Waals surface area contributed by atoms with E-state index >= 15 is 0 Å². The standard InChI is InChI=1S/C20H24ClN5O4S/c1-13-3-4-15(10-16(13)21)22-20(29)26-7-5-25(6-8-26)19(28)12-31-11-18(27)23-17-9-14(2)30-24-17/h3-4,9-10H,5-8,11-12H2,1-2H3,(H,22,29)(H,23,24,27). The normalized spacial score (nSPS) is 13.8. The molecule has 3 rings (SSSR count). The molecule has 0 bridgehead atoms. The first kappa shape index (κ1) is 23.0. The lowest BCUT2D eigenvalue weighted by Crippen LogP contribution is -2.52. The van der Waals surface area contributed by atoms with Gasteiger partial charge in [0.15, 0.2) is 5.82 Å². The minimum absolute atomic E-state index is 0.0551. The third kappa shape index (κ3) is 6.63. The molecule has 9 nitrogen and oxygen atoms in total. The quantitative estimate of drug-likeness (QED) is 0.679. The Morgan fingerprint density at radius 2 is 1.77 bits per heavy atom. The Bertz CT molecular complexity index is 959. The van der Waals surface area contributed by atoms with E-state index in [0.29, 0.717) is 48.5 Å². The minimum Gasteiger partial charge on any atom is -0.360 e. The first-order valence-corrected chi connectivity index (χ1v) is 11.3. The number of thioether (sulfide) groups is 1. The van der Waals surface area contributed by atoms with Crippen molar-refractivity contribution in [3.8, 4) is 0 Å². The van der Waals surface area contributed by atoms with Crippen LogP contribution in [0.3, 0.4) is 0 Å². The fraction of sp³-hybridized carbons (Fsp3) is 0.400. The summed E-state index contributed by atoms with van der Waals surface area (Å²) in [7, 11) is 0. The smallest absolute Gasteiger partial charge is 0.321 e. The Hall–Kier alpha value is -2.72. The van der Waals surface area contributed by atoms with E-state index in [1.807, 2.05) is 13.0 Å². The zero-order valence-corrected chi connectivity index (χ0v) is 18.9. The Morgan fingerprint density at radius 1 is 1.06 bits per heavy atom. The molecule has 1 aromatic carbocycles. The van der Waals surface area contributed by atoms with Crippen molar-refractivity contribution in [2.45, 2.75) is 13.8 Å². The van der Waals surface area contributed by atoms with Crippen molar-refractivity contribution in [1.82, 2.24) is 15.0 Å². The number of carbonyl (C=O) groups excluding carboxylic acids is 3. The molecule has 4 amide bonds. The van der Waals surface area contributed by atoms with Crippen LogP contribution in [0.5, 0.6) is 0 Å². The maximum atomic E-state index is 12.4. The lowest BCUT2D eigenvalue weighted by atomic mass is 10.2. The fourth-order valence-electron chi connectivity index (χ4n) is 2.96. The number of nitrogens with zero attached hydrogens (tertiary/aromatic N) is 3. The first-order valence-electron chi connectivity index (χ1n) is 9.72. The number of aromatic nitrogens is 1. The highest BCUT2D eigenvalue weighted by atomic mass is 35.5. The number of amides is 4. The fourth-order valence-corrected chi connectivity index (χ4v) is 3.86. The monoisotopic (exact) mass is 465 g/mol. The van der Waals surface area contributed by atoms with Gasteiger partial charge in [0.2, 0.25) is 11.8 Å². The molecule has 0 saturated carbocycles. The molecule has 0 spiro atoms. The van der Waals surface area contributed by atoms with Gasteiger partial charge in [-0.2, -0.15) is 0 Å². The second kappa shape index (κ2) is 10.5. The SMILES string of the molecule is Cc1cc(NC(=O)CSCC(=O)N2CCN(C(=O)Nc3ccc(C)c(Cl)c3)CC2)no1. The predicted octanol–water partition coefficient (Wildman–Crippen LogP) is 2.99. The molecular weight excluding hydrogens is 442 g/mol. The van der Waals surface area contributed by atoms with Crippen LogP contribution in [-0.2, 0) is 9.59 Å². The van der Waals surface area contributed by atoms with E-state index in [9.17, 15) is 14.4 Å². The zero-order valence-electron chi connectivity index (χ0n) is 17.3. The van der Waals surface area contributed by atoms with Gasteiger partial charge in [-0.05, 0) is 31.5 Å². The molecule has 31 heavy (non-hydrogen) atoms. The summed E-state index contributed by atoms with van der Waals surface area (Å²) >= 11 is 7.33. The summed E-state index contributed by atoms with van der Waals surface area (Å²) < 4.78 is 4.89. The van der Waals surface area contributed by atoms with Gasteiger partial charge in [-0.15, -0.1) is 11.8 Å². The molecule has 0 radical (unpaired) electrons. The van der Waals surface area contributed by atoms with Gasteiger partial charge >= 0.3 is 6.03 Å². The zero-order chi connectivity index (χ0) is 22.4. The van der Waals surface area contributed by atoms with Gasteiger partial charge in [0, 0.05) is 43.0 Å². The lowest BCUT2D eigenvalue weighted by Gasteiger charge is -2.34. The van der Waals surface area contributed by atoms with Gasteiger partial charge in [0.05, 0.1) is 11.5 Å². The summed E-state index contributed by atoms with van der Waals surface area (Å²) in [6, 6.07) is 6.76. The van der Waals surface area contributed by atoms with Crippen LogP contribution in [0.2, 0.25) is 5.02 Å². The molecule has 2 N–H and O–H groups in total. The molecule has 0 unspecified atom stereocenters. The highest BCUT2D eigenvalue weighted by Gasteiger charge is 2.24. The summed E-state index contributed by atoms with van der Waals surface area (Å²) in [6.45, 7) is 5.41. The third-order valence-corrected chi connectivity index (χ3v) is 6.02. The highest BCUT2D eigenvalue weighted by Crippen LogP contribution is 2.20. The van der Waals surface area contributed by atoms with Gasteiger partial charge in [0.25, 0.3) is 0 Å². The average Bonchev–Trinajstić information content (AvgIpc) is 3.15. The molecule has 0 atom stereocenters. The van der Waals surface area contributed by atoms with Crippen LogP contribution in [-0.4, -0.2) is 70.5 Å². The van der Waals surface area contributed by atoms with Gasteiger partial charge in [-0.1, -0.05) is 22.8 Å². The van der Waals surface area contributed by atoms with Crippen LogP contribution in [0.1, 0.15) is 11.3 Å². The van der Waals surface area contributed by atoms with Crippen molar-refractivity contribution in [2.24, 2.45) is 0 Å². The Balaban J connectivity index is 1.36. The summed E-state index contributed by atoms with van der Waals surface area (Å²) in [6.07, 6.45) is 0. The van der Waals surface area contributed by atoms with Crippen molar-refractivity contribution >= 4 is 52.7 Å². The second-order valence-electron chi connectivity index (χ2n) is 7.13. The maximum absolute atomic E-state index is 12.4. The van der Waals surface area contributed by atoms with E-state index in [4.69, 9.17) is 16.1 Å². The number of urea groups is 1. The number of hydrogen-bond acceptors (Lipinski definition) is 6. The number of hydrogen-bond donors (Lipinski definition) is 2. The summed E-state index contributed by atoms with van der Waals surface area (Å²) in [5.74, 6) is 0.993. The average molecular weight is 466 g/mol. The summed E-state index contributed by atoms with van der Waals surface area (Å²) in [5.41, 5.74) is 1.57. The van der Waals surface area contributed by atoms with Crippen LogP contribution in [0, 0.1) is 13.8 Å². The van der Waals surface area contributed by atoms with E-state index in [1.54, 1.807) is 34.9 Å². The predicted molar refractivity (Wildman–Crippen MR) is 121 cm³/mol. The van der Waals surface area contributed by atoms with Gasteiger partial charge < -0.3 is 25.0 Å². The maximum Gasteiger partial charge on any atom is 0.321 e. The third-order valence-electron chi connectivity index (χ3n) is 4.70. The highest BCUT2D eigenvalue weighted by molar-refractivity contribution is 8.00. The number of piperazine rings is 1. The molecule has 0 aliphatic carbocycles. The van der Waals surface area contributed by atoms with Crippen LogP contribution in [0.4, 0.5) is 16.3 Å². The van der Waals surface area contributed by atoms with Gasteiger partial charge in [-0.25, -0.2) is 4.79 Å². The van der Waals surface area contributed by atoms with Gasteiger partial charge in [0.1, 0.15) is 5.76 Å². The van der Waals surface area contributed by atoms with E-state index in [1.165, 1.54) is 11.8 Å². The lowest BCUT2D eigenvalue weighted by molar-refractivity contribution is -0.129. The molecule has 1 aliphatic rings.